The lowest BCUT2D eigenvalue weighted by Crippen LogP contribution is -2.29. The van der Waals surface area contributed by atoms with Gasteiger partial charge < -0.3 is 9.64 Å². The van der Waals surface area contributed by atoms with E-state index in [0.717, 1.165) is 32.6 Å². The van der Waals surface area contributed by atoms with Gasteiger partial charge in [0.1, 0.15) is 10.7 Å². The number of nitrogens with zero attached hydrogens (tertiary/aromatic N) is 2. The quantitative estimate of drug-likeness (QED) is 0.630. The summed E-state index contributed by atoms with van der Waals surface area (Å²) in [5.74, 6) is 0.511. The van der Waals surface area contributed by atoms with Crippen molar-refractivity contribution in [3.63, 3.8) is 0 Å². The summed E-state index contributed by atoms with van der Waals surface area (Å²) < 4.78 is 5.32. The van der Waals surface area contributed by atoms with Crippen molar-refractivity contribution in [1.82, 2.24) is 0 Å². The minimum atomic E-state index is -0.419. The molecule has 6 heteroatoms. The molecule has 0 aliphatic carbocycles. The first-order valence-electron chi connectivity index (χ1n) is 6.31. The predicted octanol–water partition coefficient (Wildman–Crippen LogP) is 3.11. The monoisotopic (exact) mass is 284 g/mol. The van der Waals surface area contributed by atoms with Crippen molar-refractivity contribution in [2.24, 2.45) is 5.92 Å². The molecule has 19 heavy (non-hydrogen) atoms. The van der Waals surface area contributed by atoms with Gasteiger partial charge in [0.2, 0.25) is 0 Å². The molecule has 0 aromatic heterocycles. The maximum absolute atomic E-state index is 11.1. The predicted molar refractivity (Wildman–Crippen MR) is 74.9 cm³/mol. The number of hydrogen-bond donors (Lipinski definition) is 0. The van der Waals surface area contributed by atoms with Gasteiger partial charge in [-0.2, -0.15) is 0 Å². The molecule has 1 heterocycles. The number of para-hydroxylation sites is 1. The topological polar surface area (TPSA) is 55.6 Å². The molecule has 0 N–H and O–H groups in total. The fourth-order valence-corrected chi connectivity index (χ4v) is 2.65. The van der Waals surface area contributed by atoms with Crippen LogP contribution in [0.1, 0.15) is 12.8 Å². The minimum absolute atomic E-state index is 0.0151. The average Bonchev–Trinajstić information content (AvgIpc) is 2.39. The molecule has 0 atom stereocenters. The highest BCUT2D eigenvalue weighted by molar-refractivity contribution is 6.33. The maximum Gasteiger partial charge on any atom is 0.310 e. The Hall–Kier alpha value is -1.33. The zero-order chi connectivity index (χ0) is 13.8. The van der Waals surface area contributed by atoms with Crippen molar-refractivity contribution < 1.29 is 9.66 Å². The molecule has 1 saturated heterocycles. The number of hydrogen-bond acceptors (Lipinski definition) is 4. The zero-order valence-electron chi connectivity index (χ0n) is 10.8. The molecule has 5 nitrogen and oxygen atoms in total. The third kappa shape index (κ3) is 3.36. The van der Waals surface area contributed by atoms with Crippen LogP contribution in [-0.4, -0.2) is 31.7 Å². The van der Waals surface area contributed by atoms with Crippen LogP contribution in [0.3, 0.4) is 0 Å². The van der Waals surface area contributed by atoms with Crippen LogP contribution < -0.4 is 4.90 Å². The van der Waals surface area contributed by atoms with Gasteiger partial charge in [0.25, 0.3) is 0 Å². The smallest absolute Gasteiger partial charge is 0.310 e. The van der Waals surface area contributed by atoms with Crippen LogP contribution in [0.2, 0.25) is 5.02 Å². The van der Waals surface area contributed by atoms with Gasteiger partial charge in [-0.05, 0) is 30.9 Å². The van der Waals surface area contributed by atoms with Gasteiger partial charge in [0.05, 0.1) is 4.92 Å². The van der Waals surface area contributed by atoms with E-state index in [1.807, 2.05) is 11.9 Å². The van der Waals surface area contributed by atoms with Crippen LogP contribution in [0.15, 0.2) is 18.2 Å². The zero-order valence-corrected chi connectivity index (χ0v) is 11.6. The molecule has 1 aliphatic rings. The second kappa shape index (κ2) is 6.21. The van der Waals surface area contributed by atoms with E-state index in [-0.39, 0.29) is 10.7 Å². The molecule has 0 bridgehead atoms. The van der Waals surface area contributed by atoms with E-state index in [2.05, 4.69) is 0 Å². The Kier molecular flexibility index (Phi) is 4.61. The molecule has 2 rings (SSSR count). The fourth-order valence-electron chi connectivity index (χ4n) is 2.41. The summed E-state index contributed by atoms with van der Waals surface area (Å²) in [6.45, 7) is 2.33. The molecule has 1 aliphatic heterocycles. The summed E-state index contributed by atoms with van der Waals surface area (Å²) in [4.78, 5) is 12.6. The first kappa shape index (κ1) is 14.1. The largest absolute Gasteiger partial charge is 0.381 e. The van der Waals surface area contributed by atoms with Crippen LogP contribution >= 0.6 is 11.6 Å². The van der Waals surface area contributed by atoms with E-state index >= 15 is 0 Å². The first-order valence-corrected chi connectivity index (χ1v) is 6.69. The Morgan fingerprint density at radius 1 is 1.47 bits per heavy atom. The lowest BCUT2D eigenvalue weighted by molar-refractivity contribution is -0.384. The van der Waals surface area contributed by atoms with E-state index in [1.165, 1.54) is 0 Å². The van der Waals surface area contributed by atoms with E-state index in [4.69, 9.17) is 16.3 Å². The Morgan fingerprint density at radius 3 is 2.79 bits per heavy atom. The molecular weight excluding hydrogens is 268 g/mol. The number of ether oxygens (including phenoxy) is 1. The molecule has 0 saturated carbocycles. The van der Waals surface area contributed by atoms with Crippen molar-refractivity contribution in [1.29, 1.82) is 0 Å². The van der Waals surface area contributed by atoms with Crippen LogP contribution in [0.4, 0.5) is 11.4 Å². The van der Waals surface area contributed by atoms with Crippen molar-refractivity contribution in [2.75, 3.05) is 31.7 Å². The van der Waals surface area contributed by atoms with Crippen molar-refractivity contribution in [3.05, 3.63) is 33.3 Å². The van der Waals surface area contributed by atoms with Gasteiger partial charge in [-0.3, -0.25) is 10.1 Å². The number of benzene rings is 1. The van der Waals surface area contributed by atoms with Crippen LogP contribution in [0.5, 0.6) is 0 Å². The van der Waals surface area contributed by atoms with Gasteiger partial charge in [0.15, 0.2) is 0 Å². The van der Waals surface area contributed by atoms with Crippen molar-refractivity contribution >= 4 is 23.0 Å². The Balaban J connectivity index is 2.16. The highest BCUT2D eigenvalue weighted by Crippen LogP contribution is 2.35. The molecule has 0 amide bonds. The summed E-state index contributed by atoms with van der Waals surface area (Å²) in [5, 5.41) is 11.3. The van der Waals surface area contributed by atoms with Crippen LogP contribution in [0.25, 0.3) is 0 Å². The Bertz CT molecular complexity index is 461. The SMILES string of the molecule is CN(CC1CCOCC1)c1cccc(Cl)c1[N+](=O)[O-]. The van der Waals surface area contributed by atoms with E-state index in [1.54, 1.807) is 18.2 Å². The third-order valence-corrected chi connectivity index (χ3v) is 3.74. The molecule has 1 fully saturated rings. The molecular formula is C13H17ClN2O3. The summed E-state index contributed by atoms with van der Waals surface area (Å²) in [6, 6.07) is 5.03. The third-order valence-electron chi connectivity index (χ3n) is 3.43. The lowest BCUT2D eigenvalue weighted by atomic mass is 9.99. The summed E-state index contributed by atoms with van der Waals surface area (Å²) in [5.41, 5.74) is 0.558. The lowest BCUT2D eigenvalue weighted by Gasteiger charge is -2.28. The summed E-state index contributed by atoms with van der Waals surface area (Å²) in [6.07, 6.45) is 2.00. The Labute approximate surface area is 117 Å². The second-order valence-electron chi connectivity index (χ2n) is 4.80. The Morgan fingerprint density at radius 2 is 2.16 bits per heavy atom. The van der Waals surface area contributed by atoms with Gasteiger partial charge in [-0.15, -0.1) is 0 Å². The van der Waals surface area contributed by atoms with Crippen molar-refractivity contribution in [2.45, 2.75) is 12.8 Å². The van der Waals surface area contributed by atoms with Gasteiger partial charge >= 0.3 is 5.69 Å². The van der Waals surface area contributed by atoms with E-state index < -0.39 is 4.92 Å². The highest BCUT2D eigenvalue weighted by Gasteiger charge is 2.23. The molecule has 104 valence electrons. The molecule has 0 radical (unpaired) electrons. The maximum atomic E-state index is 11.1. The molecule has 1 aromatic carbocycles. The van der Waals surface area contributed by atoms with E-state index in [0.29, 0.717) is 11.6 Å². The number of anilines is 1. The fraction of sp³-hybridized carbons (Fsp3) is 0.538. The summed E-state index contributed by atoms with van der Waals surface area (Å²) in [7, 11) is 1.87. The number of nitro groups is 1. The molecule has 1 aromatic rings. The normalized spacial score (nSPS) is 16.3. The van der Waals surface area contributed by atoms with Crippen molar-refractivity contribution in [3.8, 4) is 0 Å². The number of rotatable bonds is 4. The second-order valence-corrected chi connectivity index (χ2v) is 5.21. The van der Waals surface area contributed by atoms with Crippen LogP contribution in [-0.2, 0) is 4.74 Å². The minimum Gasteiger partial charge on any atom is -0.381 e. The highest BCUT2D eigenvalue weighted by atomic mass is 35.5. The number of halogens is 1. The van der Waals surface area contributed by atoms with Crippen LogP contribution in [0, 0.1) is 16.0 Å². The summed E-state index contributed by atoms with van der Waals surface area (Å²) >= 11 is 5.92. The van der Waals surface area contributed by atoms with Gasteiger partial charge in [0, 0.05) is 26.8 Å². The number of nitro benzene ring substituents is 1. The van der Waals surface area contributed by atoms with Gasteiger partial charge in [-0.1, -0.05) is 17.7 Å². The van der Waals surface area contributed by atoms with E-state index in [9.17, 15) is 10.1 Å². The standard InChI is InChI=1S/C13H17ClN2O3/c1-15(9-10-5-7-19-8-6-10)12-4-2-3-11(14)13(12)16(17)18/h2-4,10H,5-9H2,1H3. The first-order chi connectivity index (χ1) is 9.09. The molecule has 0 spiro atoms. The molecule has 0 unspecified atom stereocenters. The van der Waals surface area contributed by atoms with Gasteiger partial charge in [-0.25, -0.2) is 0 Å². The average molecular weight is 285 g/mol.